The van der Waals surface area contributed by atoms with Crippen molar-refractivity contribution >= 4 is 17.3 Å². The Hall–Kier alpha value is -0.940. The predicted molar refractivity (Wildman–Crippen MR) is 62.8 cm³/mol. The summed E-state index contributed by atoms with van der Waals surface area (Å²) in [5.74, 6) is -0.770. The molecule has 1 atom stereocenters. The molecule has 0 aromatic carbocycles. The summed E-state index contributed by atoms with van der Waals surface area (Å²) in [7, 11) is 0. The number of nitrogens with zero attached hydrogens (tertiary/aromatic N) is 1. The fraction of sp³-hybridized carbons (Fsp3) is 0.636. The molecule has 1 aromatic heterocycles. The van der Waals surface area contributed by atoms with Crippen molar-refractivity contribution in [2.24, 2.45) is 0 Å². The van der Waals surface area contributed by atoms with E-state index in [9.17, 15) is 4.79 Å². The number of hydrogen-bond acceptors (Lipinski definition) is 4. The Morgan fingerprint density at radius 1 is 1.69 bits per heavy atom. The molecule has 0 saturated carbocycles. The van der Waals surface area contributed by atoms with Crippen molar-refractivity contribution in [3.8, 4) is 0 Å². The van der Waals surface area contributed by atoms with Gasteiger partial charge in [-0.25, -0.2) is 4.98 Å². The van der Waals surface area contributed by atoms with Crippen molar-refractivity contribution in [2.45, 2.75) is 39.2 Å². The lowest BCUT2D eigenvalue weighted by molar-refractivity contribution is -0.137. The number of aliphatic carboxylic acids is 1. The molecule has 0 aliphatic carbocycles. The van der Waals surface area contributed by atoms with Gasteiger partial charge in [-0.2, -0.15) is 0 Å². The average Bonchev–Trinajstić information content (AvgIpc) is 2.61. The van der Waals surface area contributed by atoms with Gasteiger partial charge in [-0.1, -0.05) is 0 Å². The molecule has 0 spiro atoms. The standard InChI is InChI=1S/C11H17NO3S/c1-8(3-4-11(13)14)15-6-5-10-9(2)12-7-16-10/h7-8H,3-6H2,1-2H3,(H,13,14). The van der Waals surface area contributed by atoms with Crippen LogP contribution in [-0.2, 0) is 16.0 Å². The van der Waals surface area contributed by atoms with Gasteiger partial charge in [0.25, 0.3) is 0 Å². The molecule has 16 heavy (non-hydrogen) atoms. The van der Waals surface area contributed by atoms with Crippen molar-refractivity contribution in [3.05, 3.63) is 16.1 Å². The summed E-state index contributed by atoms with van der Waals surface area (Å²) < 4.78 is 5.54. The first-order valence-electron chi connectivity index (χ1n) is 5.32. The molecule has 0 amide bonds. The third kappa shape index (κ3) is 4.72. The molecule has 1 unspecified atom stereocenters. The number of thiazole rings is 1. The van der Waals surface area contributed by atoms with Crippen molar-refractivity contribution in [1.29, 1.82) is 0 Å². The Labute approximate surface area is 99.3 Å². The molecule has 1 N–H and O–H groups in total. The minimum atomic E-state index is -0.770. The van der Waals surface area contributed by atoms with Crippen LogP contribution in [0.2, 0.25) is 0 Å². The van der Waals surface area contributed by atoms with Crippen molar-refractivity contribution in [1.82, 2.24) is 4.98 Å². The fourth-order valence-corrected chi connectivity index (χ4v) is 2.09. The number of hydrogen-bond donors (Lipinski definition) is 1. The van der Waals surface area contributed by atoms with Crippen LogP contribution >= 0.6 is 11.3 Å². The Bertz CT molecular complexity index is 338. The third-order valence-electron chi connectivity index (χ3n) is 2.34. The van der Waals surface area contributed by atoms with E-state index in [1.165, 1.54) is 4.88 Å². The molecule has 4 nitrogen and oxygen atoms in total. The highest BCUT2D eigenvalue weighted by atomic mass is 32.1. The van der Waals surface area contributed by atoms with Crippen LogP contribution in [0.25, 0.3) is 0 Å². The van der Waals surface area contributed by atoms with Gasteiger partial charge in [0, 0.05) is 17.7 Å². The molecule has 1 heterocycles. The smallest absolute Gasteiger partial charge is 0.303 e. The van der Waals surface area contributed by atoms with Crippen LogP contribution in [0.5, 0.6) is 0 Å². The van der Waals surface area contributed by atoms with E-state index in [4.69, 9.17) is 9.84 Å². The van der Waals surface area contributed by atoms with E-state index in [1.807, 2.05) is 19.4 Å². The maximum absolute atomic E-state index is 10.3. The summed E-state index contributed by atoms with van der Waals surface area (Å²) in [5.41, 5.74) is 2.89. The van der Waals surface area contributed by atoms with Gasteiger partial charge in [0.05, 0.1) is 23.9 Å². The summed E-state index contributed by atoms with van der Waals surface area (Å²) in [4.78, 5) is 15.7. The maximum atomic E-state index is 10.3. The van der Waals surface area contributed by atoms with Gasteiger partial charge in [0.15, 0.2) is 0 Å². The molecule has 90 valence electrons. The van der Waals surface area contributed by atoms with Crippen LogP contribution in [0.4, 0.5) is 0 Å². The van der Waals surface area contributed by atoms with E-state index in [0.717, 1.165) is 12.1 Å². The summed E-state index contributed by atoms with van der Waals surface area (Å²) in [5, 5.41) is 8.51. The zero-order chi connectivity index (χ0) is 12.0. The van der Waals surface area contributed by atoms with E-state index >= 15 is 0 Å². The molecule has 0 aliphatic heterocycles. The highest BCUT2D eigenvalue weighted by molar-refractivity contribution is 7.09. The second-order valence-electron chi connectivity index (χ2n) is 3.72. The van der Waals surface area contributed by atoms with Gasteiger partial charge in [-0.3, -0.25) is 4.79 Å². The maximum Gasteiger partial charge on any atom is 0.303 e. The van der Waals surface area contributed by atoms with Gasteiger partial charge in [0.1, 0.15) is 0 Å². The zero-order valence-corrected chi connectivity index (χ0v) is 10.4. The molecule has 0 aliphatic rings. The number of aromatic nitrogens is 1. The van der Waals surface area contributed by atoms with Crippen LogP contribution in [0.1, 0.15) is 30.3 Å². The van der Waals surface area contributed by atoms with Gasteiger partial charge >= 0.3 is 5.97 Å². The van der Waals surface area contributed by atoms with Crippen molar-refractivity contribution in [3.63, 3.8) is 0 Å². The van der Waals surface area contributed by atoms with Gasteiger partial charge in [0.2, 0.25) is 0 Å². The quantitative estimate of drug-likeness (QED) is 0.798. The zero-order valence-electron chi connectivity index (χ0n) is 9.60. The molecular formula is C11H17NO3S. The largest absolute Gasteiger partial charge is 0.481 e. The minimum absolute atomic E-state index is 0.00401. The molecule has 0 fully saturated rings. The number of aryl methyl sites for hydroxylation is 1. The molecular weight excluding hydrogens is 226 g/mol. The molecule has 0 saturated heterocycles. The highest BCUT2D eigenvalue weighted by Crippen LogP contribution is 2.13. The average molecular weight is 243 g/mol. The first-order chi connectivity index (χ1) is 7.59. The van der Waals surface area contributed by atoms with Crippen molar-refractivity contribution < 1.29 is 14.6 Å². The first kappa shape index (κ1) is 13.1. The fourth-order valence-electron chi connectivity index (χ4n) is 1.33. The second-order valence-corrected chi connectivity index (χ2v) is 4.66. The van der Waals surface area contributed by atoms with Crippen LogP contribution in [0.15, 0.2) is 5.51 Å². The molecule has 0 bridgehead atoms. The highest BCUT2D eigenvalue weighted by Gasteiger charge is 2.07. The van der Waals surface area contributed by atoms with Gasteiger partial charge in [-0.05, 0) is 20.3 Å². The summed E-state index contributed by atoms with van der Waals surface area (Å²) in [6, 6.07) is 0. The Kier molecular flexibility index (Phi) is 5.42. The molecule has 5 heteroatoms. The Balaban J connectivity index is 2.15. The van der Waals surface area contributed by atoms with Gasteiger partial charge < -0.3 is 9.84 Å². The van der Waals surface area contributed by atoms with E-state index < -0.39 is 5.97 Å². The molecule has 0 radical (unpaired) electrons. The lowest BCUT2D eigenvalue weighted by atomic mass is 10.2. The topological polar surface area (TPSA) is 59.4 Å². The van der Waals surface area contributed by atoms with Crippen LogP contribution in [0, 0.1) is 6.92 Å². The van der Waals surface area contributed by atoms with Gasteiger partial charge in [-0.15, -0.1) is 11.3 Å². The lowest BCUT2D eigenvalue weighted by Crippen LogP contribution is -2.12. The number of rotatable bonds is 7. The summed E-state index contributed by atoms with van der Waals surface area (Å²) in [6.45, 7) is 4.52. The number of carboxylic acid groups (broad SMARTS) is 1. The molecule has 1 rings (SSSR count). The number of carboxylic acids is 1. The second kappa shape index (κ2) is 6.60. The number of ether oxygens (including phenoxy) is 1. The van der Waals surface area contributed by atoms with E-state index in [2.05, 4.69) is 4.98 Å². The summed E-state index contributed by atoms with van der Waals surface area (Å²) in [6.07, 6.45) is 1.59. The number of carbonyl (C=O) groups is 1. The lowest BCUT2D eigenvalue weighted by Gasteiger charge is -2.11. The van der Waals surface area contributed by atoms with Crippen molar-refractivity contribution in [2.75, 3.05) is 6.61 Å². The SMILES string of the molecule is Cc1ncsc1CCOC(C)CCC(=O)O. The monoisotopic (exact) mass is 243 g/mol. The summed E-state index contributed by atoms with van der Waals surface area (Å²) >= 11 is 1.63. The first-order valence-corrected chi connectivity index (χ1v) is 6.20. The van der Waals surface area contributed by atoms with Crippen LogP contribution in [-0.4, -0.2) is 28.8 Å². The van der Waals surface area contributed by atoms with Crippen LogP contribution in [0.3, 0.4) is 0 Å². The van der Waals surface area contributed by atoms with E-state index in [1.54, 1.807) is 11.3 Å². The normalized spacial score (nSPS) is 12.6. The third-order valence-corrected chi connectivity index (χ3v) is 3.34. The Morgan fingerprint density at radius 3 is 3.00 bits per heavy atom. The van der Waals surface area contributed by atoms with E-state index in [-0.39, 0.29) is 12.5 Å². The predicted octanol–water partition coefficient (Wildman–Crippen LogP) is 2.26. The van der Waals surface area contributed by atoms with Crippen LogP contribution < -0.4 is 0 Å². The minimum Gasteiger partial charge on any atom is -0.481 e. The van der Waals surface area contributed by atoms with E-state index in [0.29, 0.717) is 13.0 Å². The molecule has 1 aromatic rings. The Morgan fingerprint density at radius 2 is 2.44 bits per heavy atom.